The number of Topliss-reactive ketones (excluding diaryl/α,β-unsaturated/α-hetero) is 1. The number of ketones is 1. The maximum absolute atomic E-state index is 12.1. The van der Waals surface area contributed by atoms with E-state index in [1.54, 1.807) is 24.3 Å². The highest BCUT2D eigenvalue weighted by Gasteiger charge is 2.34. The van der Waals surface area contributed by atoms with Crippen molar-refractivity contribution in [1.82, 2.24) is 4.90 Å². The van der Waals surface area contributed by atoms with Gasteiger partial charge in [-0.05, 0) is 12.1 Å². The van der Waals surface area contributed by atoms with Crippen LogP contribution in [0, 0.1) is 0 Å². The molecular weight excluding hydrogens is 318 g/mol. The smallest absolute Gasteiger partial charge is 0.310 e. The number of nitrogens with zero attached hydrogens (tertiary/aromatic N) is 1. The lowest BCUT2D eigenvalue weighted by Crippen LogP contribution is -2.33. The highest BCUT2D eigenvalue weighted by atomic mass is 16.5. The van der Waals surface area contributed by atoms with E-state index in [0.717, 1.165) is 4.90 Å². The second kappa shape index (κ2) is 8.32. The summed E-state index contributed by atoms with van der Waals surface area (Å²) in [5, 5.41) is 8.41. The predicted molar refractivity (Wildman–Crippen MR) is 80.7 cm³/mol. The van der Waals surface area contributed by atoms with Gasteiger partial charge in [0.15, 0.2) is 5.78 Å². The third-order valence-electron chi connectivity index (χ3n) is 3.32. The average Bonchev–Trinajstić information content (AvgIpc) is 2.78. The molecule has 1 aliphatic heterocycles. The van der Waals surface area contributed by atoms with Crippen LogP contribution < -0.4 is 0 Å². The molecule has 0 radical (unpaired) electrons. The summed E-state index contributed by atoms with van der Waals surface area (Å²) < 4.78 is 10.2. The second-order valence-corrected chi connectivity index (χ2v) is 5.08. The molecule has 0 bridgehead atoms. The molecule has 0 atom stereocenters. The predicted octanol–water partition coefficient (Wildman–Crippen LogP) is 0.360. The van der Waals surface area contributed by atoms with Gasteiger partial charge in [-0.15, -0.1) is 0 Å². The lowest BCUT2D eigenvalue weighted by atomic mass is 10.1. The van der Waals surface area contributed by atoms with E-state index in [2.05, 4.69) is 0 Å². The standard InChI is InChI=1S/C16H17NO7/c18-11(9-14(19)20)10-24-8-7-23-6-5-17-15(21)12-3-1-2-4-13(12)16(17)22/h1-4H,5-10H2,(H,19,20). The summed E-state index contributed by atoms with van der Waals surface area (Å²) in [5.41, 5.74) is 0.783. The van der Waals surface area contributed by atoms with Crippen LogP contribution in [0.1, 0.15) is 27.1 Å². The molecule has 24 heavy (non-hydrogen) atoms. The summed E-state index contributed by atoms with van der Waals surface area (Å²) in [4.78, 5) is 46.6. The summed E-state index contributed by atoms with van der Waals surface area (Å²) in [5.74, 6) is -2.39. The van der Waals surface area contributed by atoms with Gasteiger partial charge in [-0.25, -0.2) is 0 Å². The Morgan fingerprint density at radius 3 is 2.12 bits per heavy atom. The van der Waals surface area contributed by atoms with Crippen molar-refractivity contribution in [1.29, 1.82) is 0 Å². The van der Waals surface area contributed by atoms with Crippen LogP contribution in [-0.4, -0.2) is 66.5 Å². The number of carboxylic acids is 1. The quantitative estimate of drug-likeness (QED) is 0.373. The van der Waals surface area contributed by atoms with Gasteiger partial charge >= 0.3 is 5.97 Å². The van der Waals surface area contributed by atoms with E-state index in [1.165, 1.54) is 0 Å². The van der Waals surface area contributed by atoms with Gasteiger partial charge in [0.1, 0.15) is 13.0 Å². The Morgan fingerprint density at radius 2 is 1.54 bits per heavy atom. The maximum atomic E-state index is 12.1. The van der Waals surface area contributed by atoms with Crippen molar-refractivity contribution in [2.75, 3.05) is 33.0 Å². The molecular formula is C16H17NO7. The monoisotopic (exact) mass is 335 g/mol. The molecule has 1 aliphatic rings. The van der Waals surface area contributed by atoms with Gasteiger partial charge < -0.3 is 14.6 Å². The molecule has 2 amide bonds. The number of aliphatic carboxylic acids is 1. The summed E-state index contributed by atoms with van der Waals surface area (Å²) in [6.07, 6.45) is -0.569. The first-order valence-corrected chi connectivity index (χ1v) is 7.35. The van der Waals surface area contributed by atoms with Gasteiger partial charge in [-0.1, -0.05) is 12.1 Å². The van der Waals surface area contributed by atoms with E-state index >= 15 is 0 Å². The zero-order valence-corrected chi connectivity index (χ0v) is 12.9. The molecule has 1 aromatic rings. The van der Waals surface area contributed by atoms with Crippen LogP contribution in [0.4, 0.5) is 0 Å². The molecule has 0 unspecified atom stereocenters. The third kappa shape index (κ3) is 4.46. The van der Waals surface area contributed by atoms with Crippen LogP contribution in [0.3, 0.4) is 0 Å². The van der Waals surface area contributed by atoms with E-state index < -0.39 is 18.2 Å². The van der Waals surface area contributed by atoms with Crippen molar-refractivity contribution in [3.05, 3.63) is 35.4 Å². The first-order chi connectivity index (χ1) is 11.5. The van der Waals surface area contributed by atoms with Crippen LogP contribution in [0.5, 0.6) is 0 Å². The highest BCUT2D eigenvalue weighted by Crippen LogP contribution is 2.21. The summed E-state index contributed by atoms with van der Waals surface area (Å²) in [7, 11) is 0. The molecule has 0 spiro atoms. The fraction of sp³-hybridized carbons (Fsp3) is 0.375. The number of fused-ring (bicyclic) bond motifs is 1. The summed E-state index contributed by atoms with van der Waals surface area (Å²) in [6.45, 7) is 0.285. The highest BCUT2D eigenvalue weighted by molar-refractivity contribution is 6.21. The van der Waals surface area contributed by atoms with Crippen LogP contribution in [0.2, 0.25) is 0 Å². The first kappa shape index (κ1) is 17.8. The van der Waals surface area contributed by atoms with Gasteiger partial charge in [0.2, 0.25) is 0 Å². The van der Waals surface area contributed by atoms with E-state index in [-0.39, 0.29) is 44.8 Å². The number of hydrogen-bond donors (Lipinski definition) is 1. The summed E-state index contributed by atoms with van der Waals surface area (Å²) in [6, 6.07) is 6.62. The molecule has 0 aliphatic carbocycles. The van der Waals surface area contributed by atoms with Crippen molar-refractivity contribution in [2.45, 2.75) is 6.42 Å². The van der Waals surface area contributed by atoms with Gasteiger partial charge in [0.25, 0.3) is 11.8 Å². The van der Waals surface area contributed by atoms with Crippen molar-refractivity contribution < 1.29 is 33.8 Å². The lowest BCUT2D eigenvalue weighted by Gasteiger charge is -2.13. The Bertz CT molecular complexity index is 621. The number of hydrogen-bond acceptors (Lipinski definition) is 6. The van der Waals surface area contributed by atoms with Gasteiger partial charge in [0.05, 0.1) is 37.5 Å². The molecule has 8 heteroatoms. The second-order valence-electron chi connectivity index (χ2n) is 5.08. The Kier molecular flexibility index (Phi) is 6.16. The largest absolute Gasteiger partial charge is 0.481 e. The zero-order chi connectivity index (χ0) is 17.5. The number of carbonyl (C=O) groups excluding carboxylic acids is 3. The molecule has 1 N–H and O–H groups in total. The van der Waals surface area contributed by atoms with E-state index in [4.69, 9.17) is 14.6 Å². The molecule has 2 rings (SSSR count). The Hall–Kier alpha value is -2.58. The molecule has 1 heterocycles. The zero-order valence-electron chi connectivity index (χ0n) is 12.9. The first-order valence-electron chi connectivity index (χ1n) is 7.35. The van der Waals surface area contributed by atoms with Crippen molar-refractivity contribution >= 4 is 23.6 Å². The number of ether oxygens (including phenoxy) is 2. The minimum Gasteiger partial charge on any atom is -0.481 e. The summed E-state index contributed by atoms with van der Waals surface area (Å²) >= 11 is 0. The van der Waals surface area contributed by atoms with Gasteiger partial charge in [0, 0.05) is 0 Å². The van der Waals surface area contributed by atoms with E-state index in [1.807, 2.05) is 0 Å². The number of carbonyl (C=O) groups is 4. The molecule has 8 nitrogen and oxygen atoms in total. The average molecular weight is 335 g/mol. The molecule has 0 saturated heterocycles. The lowest BCUT2D eigenvalue weighted by molar-refractivity contribution is -0.141. The third-order valence-corrected chi connectivity index (χ3v) is 3.32. The number of amides is 2. The SMILES string of the molecule is O=C(O)CC(=O)COCCOCCN1C(=O)c2ccccc2C1=O. The van der Waals surface area contributed by atoms with E-state index in [9.17, 15) is 19.2 Å². The minimum absolute atomic E-state index is 0.119. The van der Waals surface area contributed by atoms with Crippen LogP contribution in [0.15, 0.2) is 24.3 Å². The van der Waals surface area contributed by atoms with Gasteiger partial charge in [-0.3, -0.25) is 24.1 Å². The van der Waals surface area contributed by atoms with Gasteiger partial charge in [-0.2, -0.15) is 0 Å². The molecule has 0 saturated carbocycles. The van der Waals surface area contributed by atoms with Crippen LogP contribution in [0.25, 0.3) is 0 Å². The Morgan fingerprint density at radius 1 is 0.958 bits per heavy atom. The number of rotatable bonds is 10. The molecule has 128 valence electrons. The molecule has 0 aromatic heterocycles. The van der Waals surface area contributed by atoms with E-state index in [0.29, 0.717) is 11.1 Å². The van der Waals surface area contributed by atoms with Crippen molar-refractivity contribution in [3.63, 3.8) is 0 Å². The minimum atomic E-state index is -1.19. The fourth-order valence-corrected chi connectivity index (χ4v) is 2.22. The van der Waals surface area contributed by atoms with Crippen molar-refractivity contribution in [3.8, 4) is 0 Å². The van der Waals surface area contributed by atoms with Crippen molar-refractivity contribution in [2.24, 2.45) is 0 Å². The molecule has 0 fully saturated rings. The Labute approximate surface area is 138 Å². The number of carboxylic acid groups (broad SMARTS) is 1. The molecule has 1 aromatic carbocycles. The van der Waals surface area contributed by atoms with Crippen LogP contribution in [-0.2, 0) is 19.1 Å². The normalized spacial score (nSPS) is 13.2. The number of imide groups is 1. The van der Waals surface area contributed by atoms with Crippen LogP contribution >= 0.6 is 0 Å². The topological polar surface area (TPSA) is 110 Å². The number of benzene rings is 1. The fourth-order valence-electron chi connectivity index (χ4n) is 2.22. The Balaban J connectivity index is 1.62. The maximum Gasteiger partial charge on any atom is 0.310 e.